The van der Waals surface area contributed by atoms with Crippen molar-refractivity contribution in [2.24, 2.45) is 11.5 Å². The molecule has 7 heteroatoms. The third kappa shape index (κ3) is 6.12. The molecule has 0 saturated heterocycles. The Morgan fingerprint density at radius 2 is 2.21 bits per heavy atom. The zero-order valence-electron chi connectivity index (χ0n) is 10.9. The monoisotopic (exact) mass is 267 g/mol. The number of carbonyl (C=O) groups excluding carboxylic acids is 1. The molecule has 7 nitrogen and oxygen atoms in total. The van der Waals surface area contributed by atoms with Crippen LogP contribution in [-0.4, -0.2) is 34.9 Å². The molecule has 1 aromatic rings. The maximum atomic E-state index is 11.7. The second-order valence-electron chi connectivity index (χ2n) is 4.33. The van der Waals surface area contributed by atoms with E-state index in [0.717, 1.165) is 19.3 Å². The summed E-state index contributed by atoms with van der Waals surface area (Å²) in [7, 11) is 0. The molecule has 0 aromatic carbocycles. The lowest BCUT2D eigenvalue weighted by molar-refractivity contribution is -0.120. The molecule has 1 atom stereocenters. The summed E-state index contributed by atoms with van der Waals surface area (Å²) < 4.78 is 0. The number of carbonyl (C=O) groups is 1. The maximum Gasteiger partial charge on any atom is 0.346 e. The number of Topliss-reactive ketones (excluding diaryl/α,β-unsaturated/α-hetero) is 1. The fraction of sp³-hybridized carbons (Fsp3) is 0.583. The first-order chi connectivity index (χ1) is 9.13. The predicted molar refractivity (Wildman–Crippen MR) is 73.9 cm³/mol. The number of hydrogen-bond donors (Lipinski definition) is 4. The van der Waals surface area contributed by atoms with Crippen molar-refractivity contribution in [1.29, 1.82) is 0 Å². The Morgan fingerprint density at radius 3 is 2.89 bits per heavy atom. The molecule has 0 aliphatic carbocycles. The minimum absolute atomic E-state index is 0.00867. The van der Waals surface area contributed by atoms with Gasteiger partial charge in [-0.1, -0.05) is 6.42 Å². The van der Waals surface area contributed by atoms with Crippen molar-refractivity contribution in [3.8, 4) is 0 Å². The molecule has 106 valence electrons. The highest BCUT2D eigenvalue weighted by Gasteiger charge is 2.12. The van der Waals surface area contributed by atoms with Crippen LogP contribution in [0.1, 0.15) is 25.7 Å². The molecule has 1 heterocycles. The Balaban J connectivity index is 2.28. The Hall–Kier alpha value is -1.73. The van der Waals surface area contributed by atoms with Gasteiger partial charge in [-0.2, -0.15) is 4.98 Å². The van der Waals surface area contributed by atoms with Gasteiger partial charge in [0.2, 0.25) is 0 Å². The van der Waals surface area contributed by atoms with Crippen LogP contribution in [-0.2, 0) is 4.79 Å². The van der Waals surface area contributed by atoms with Crippen LogP contribution in [0.25, 0.3) is 0 Å². The minimum Gasteiger partial charge on any atom is -0.368 e. The molecule has 19 heavy (non-hydrogen) atoms. The molecular formula is C12H21N5O2. The van der Waals surface area contributed by atoms with Gasteiger partial charge in [-0.15, -0.1) is 0 Å². The van der Waals surface area contributed by atoms with Gasteiger partial charge in [0.05, 0.1) is 6.04 Å². The lowest BCUT2D eigenvalue weighted by Gasteiger charge is -2.11. The largest absolute Gasteiger partial charge is 0.368 e. The molecule has 1 aromatic heterocycles. The summed E-state index contributed by atoms with van der Waals surface area (Å²) in [6.07, 6.45) is 4.63. The smallest absolute Gasteiger partial charge is 0.346 e. The number of rotatable bonds is 9. The van der Waals surface area contributed by atoms with Gasteiger partial charge in [0.25, 0.3) is 0 Å². The average Bonchev–Trinajstić information content (AvgIpc) is 2.41. The molecule has 6 N–H and O–H groups in total. The summed E-state index contributed by atoms with van der Waals surface area (Å²) in [5, 5.41) is 2.87. The number of anilines is 1. The zero-order valence-corrected chi connectivity index (χ0v) is 10.9. The molecule has 0 bridgehead atoms. The van der Waals surface area contributed by atoms with Gasteiger partial charge in [0.15, 0.2) is 5.78 Å². The molecule has 1 rings (SSSR count). The van der Waals surface area contributed by atoms with E-state index >= 15 is 0 Å². The van der Waals surface area contributed by atoms with E-state index in [1.807, 2.05) is 0 Å². The van der Waals surface area contributed by atoms with Crippen molar-refractivity contribution >= 4 is 11.6 Å². The van der Waals surface area contributed by atoms with Crippen molar-refractivity contribution in [3.63, 3.8) is 0 Å². The Morgan fingerprint density at radius 1 is 1.42 bits per heavy atom. The highest BCUT2D eigenvalue weighted by Crippen LogP contribution is 2.02. The van der Waals surface area contributed by atoms with E-state index in [1.54, 1.807) is 6.07 Å². The Labute approximate surface area is 111 Å². The topological polar surface area (TPSA) is 127 Å². The standard InChI is InChI=1S/C12H21N5O2/c13-6-3-1-2-4-10(18)9(14)8-16-11-5-7-15-12(19)17-11/h5,7,9H,1-4,6,8,13-14H2,(H2,15,16,17,19). The number of hydrogen-bond acceptors (Lipinski definition) is 6. The maximum absolute atomic E-state index is 11.7. The van der Waals surface area contributed by atoms with E-state index < -0.39 is 11.7 Å². The number of nitrogens with zero attached hydrogens (tertiary/aromatic N) is 1. The van der Waals surface area contributed by atoms with Crippen LogP contribution in [0.15, 0.2) is 17.1 Å². The fourth-order valence-corrected chi connectivity index (χ4v) is 1.60. The quantitative estimate of drug-likeness (QED) is 0.451. The van der Waals surface area contributed by atoms with E-state index in [9.17, 15) is 9.59 Å². The predicted octanol–water partition coefficient (Wildman–Crippen LogP) is -0.403. The Kier molecular flexibility index (Phi) is 6.76. The highest BCUT2D eigenvalue weighted by atomic mass is 16.1. The van der Waals surface area contributed by atoms with Crippen molar-refractivity contribution in [3.05, 3.63) is 22.7 Å². The van der Waals surface area contributed by atoms with Gasteiger partial charge in [-0.25, -0.2) is 4.79 Å². The number of unbranched alkanes of at least 4 members (excludes halogenated alkanes) is 2. The van der Waals surface area contributed by atoms with Gasteiger partial charge in [-0.3, -0.25) is 4.79 Å². The number of ketones is 1. The van der Waals surface area contributed by atoms with Crippen LogP contribution in [0, 0.1) is 0 Å². The van der Waals surface area contributed by atoms with Gasteiger partial charge >= 0.3 is 5.69 Å². The first kappa shape index (κ1) is 15.3. The van der Waals surface area contributed by atoms with E-state index in [-0.39, 0.29) is 12.3 Å². The van der Waals surface area contributed by atoms with E-state index in [0.29, 0.717) is 18.8 Å². The normalized spacial score (nSPS) is 12.1. The number of aromatic amines is 1. The fourth-order valence-electron chi connectivity index (χ4n) is 1.60. The third-order valence-corrected chi connectivity index (χ3v) is 2.71. The summed E-state index contributed by atoms with van der Waals surface area (Å²) in [6, 6.07) is 1.03. The second-order valence-corrected chi connectivity index (χ2v) is 4.33. The number of nitrogens with two attached hydrogens (primary N) is 2. The molecule has 0 fully saturated rings. The molecule has 0 spiro atoms. The summed E-state index contributed by atoms with van der Waals surface area (Å²) in [4.78, 5) is 28.8. The number of aromatic nitrogens is 2. The minimum atomic E-state index is -0.584. The molecular weight excluding hydrogens is 246 g/mol. The molecule has 0 aliphatic heterocycles. The van der Waals surface area contributed by atoms with Crippen molar-refractivity contribution in [2.75, 3.05) is 18.4 Å². The number of nitrogens with one attached hydrogen (secondary N) is 2. The van der Waals surface area contributed by atoms with Crippen molar-refractivity contribution in [2.45, 2.75) is 31.7 Å². The van der Waals surface area contributed by atoms with Crippen LogP contribution in [0.3, 0.4) is 0 Å². The summed E-state index contributed by atoms with van der Waals surface area (Å²) >= 11 is 0. The van der Waals surface area contributed by atoms with E-state index in [1.165, 1.54) is 6.20 Å². The molecule has 0 amide bonds. The van der Waals surface area contributed by atoms with E-state index in [4.69, 9.17) is 11.5 Å². The second kappa shape index (κ2) is 8.39. The molecule has 0 aliphatic rings. The van der Waals surface area contributed by atoms with Crippen molar-refractivity contribution in [1.82, 2.24) is 9.97 Å². The first-order valence-electron chi connectivity index (χ1n) is 6.41. The molecule has 0 saturated carbocycles. The summed E-state index contributed by atoms with van der Waals surface area (Å²) in [6.45, 7) is 0.919. The SMILES string of the molecule is NCCCCCC(=O)C(N)CNc1cc[nH]c(=O)n1. The van der Waals surface area contributed by atoms with Crippen LogP contribution < -0.4 is 22.5 Å². The van der Waals surface area contributed by atoms with Crippen molar-refractivity contribution < 1.29 is 4.79 Å². The van der Waals surface area contributed by atoms with E-state index in [2.05, 4.69) is 15.3 Å². The summed E-state index contributed by atoms with van der Waals surface area (Å²) in [5.74, 6) is 0.421. The van der Waals surface area contributed by atoms with Gasteiger partial charge in [0.1, 0.15) is 5.82 Å². The number of H-pyrrole nitrogens is 1. The van der Waals surface area contributed by atoms with Crippen LogP contribution >= 0.6 is 0 Å². The molecule has 0 radical (unpaired) electrons. The zero-order chi connectivity index (χ0) is 14.1. The van der Waals surface area contributed by atoms with Crippen LogP contribution in [0.2, 0.25) is 0 Å². The highest BCUT2D eigenvalue weighted by molar-refractivity contribution is 5.84. The first-order valence-corrected chi connectivity index (χ1v) is 6.41. The summed E-state index contributed by atoms with van der Waals surface area (Å²) in [5.41, 5.74) is 10.7. The Bertz CT molecular complexity index is 446. The average molecular weight is 267 g/mol. The van der Waals surface area contributed by atoms with Gasteiger partial charge in [0, 0.05) is 19.2 Å². The van der Waals surface area contributed by atoms with Gasteiger partial charge < -0.3 is 21.8 Å². The molecule has 1 unspecified atom stereocenters. The van der Waals surface area contributed by atoms with Crippen LogP contribution in [0.4, 0.5) is 5.82 Å². The lowest BCUT2D eigenvalue weighted by Crippen LogP contribution is -2.37. The van der Waals surface area contributed by atoms with Crippen LogP contribution in [0.5, 0.6) is 0 Å². The third-order valence-electron chi connectivity index (χ3n) is 2.71. The van der Waals surface area contributed by atoms with Gasteiger partial charge in [-0.05, 0) is 25.5 Å². The lowest BCUT2D eigenvalue weighted by atomic mass is 10.1.